The van der Waals surface area contributed by atoms with Crippen LogP contribution in [0.2, 0.25) is 0 Å². The van der Waals surface area contributed by atoms with Gasteiger partial charge in [0.2, 0.25) is 0 Å². The molecule has 4 heteroatoms. The van der Waals surface area contributed by atoms with Crippen molar-refractivity contribution < 1.29 is 0 Å². The Morgan fingerprint density at radius 3 is 2.82 bits per heavy atom. The summed E-state index contributed by atoms with van der Waals surface area (Å²) in [5.74, 6) is 1.15. The zero-order valence-electron chi connectivity index (χ0n) is 9.40. The molecular weight excluding hydrogens is 296 g/mol. The first-order valence-corrected chi connectivity index (χ1v) is 7.82. The van der Waals surface area contributed by atoms with Gasteiger partial charge >= 0.3 is 0 Å². The van der Waals surface area contributed by atoms with E-state index in [0.717, 1.165) is 21.6 Å². The number of benzene rings is 1. The number of para-hydroxylation sites is 1. The van der Waals surface area contributed by atoms with E-state index in [4.69, 9.17) is 0 Å². The van der Waals surface area contributed by atoms with Crippen molar-refractivity contribution in [3.05, 3.63) is 30.6 Å². The minimum Gasteiger partial charge on any atom is -0.236 e. The molecule has 0 spiro atoms. The first kappa shape index (κ1) is 11.5. The van der Waals surface area contributed by atoms with Crippen molar-refractivity contribution in [2.75, 3.05) is 11.1 Å². The molecule has 2 nitrogen and oxygen atoms in total. The van der Waals surface area contributed by atoms with Crippen LogP contribution < -0.4 is 0 Å². The molecule has 1 saturated carbocycles. The Labute approximate surface area is 113 Å². The smallest absolute Gasteiger partial charge is 0.117 e. The highest BCUT2D eigenvalue weighted by Gasteiger charge is 2.41. The number of alkyl halides is 1. The quantitative estimate of drug-likeness (QED) is 0.487. The molecule has 0 aliphatic heterocycles. The van der Waals surface area contributed by atoms with Crippen LogP contribution in [0.1, 0.15) is 12.8 Å². The predicted molar refractivity (Wildman–Crippen MR) is 75.7 cm³/mol. The third-order valence-electron chi connectivity index (χ3n) is 3.26. The number of thioether (sulfide) groups is 1. The fourth-order valence-corrected chi connectivity index (χ4v) is 4.11. The maximum Gasteiger partial charge on any atom is 0.117 e. The minimum absolute atomic E-state index is 0.525. The van der Waals surface area contributed by atoms with Crippen LogP contribution in [0.25, 0.3) is 10.9 Å². The first-order valence-electron chi connectivity index (χ1n) is 5.72. The molecule has 1 aliphatic rings. The average molecular weight is 309 g/mol. The van der Waals surface area contributed by atoms with E-state index in [-0.39, 0.29) is 0 Å². The summed E-state index contributed by atoms with van der Waals surface area (Å²) in [6.07, 6.45) is 4.35. The van der Waals surface area contributed by atoms with E-state index in [1.807, 2.05) is 30.0 Å². The van der Waals surface area contributed by atoms with Gasteiger partial charge in [0.15, 0.2) is 0 Å². The summed E-state index contributed by atoms with van der Waals surface area (Å²) in [6.45, 7) is 0. The van der Waals surface area contributed by atoms with Crippen LogP contribution in [0.3, 0.4) is 0 Å². The Kier molecular flexibility index (Phi) is 3.09. The second kappa shape index (κ2) is 4.58. The number of hydrogen-bond acceptors (Lipinski definition) is 3. The van der Waals surface area contributed by atoms with Crippen LogP contribution in [0.4, 0.5) is 0 Å². The molecule has 1 fully saturated rings. The summed E-state index contributed by atoms with van der Waals surface area (Å²) in [6, 6.07) is 8.21. The molecule has 0 atom stereocenters. The average Bonchev–Trinajstić information content (AvgIpc) is 3.17. The van der Waals surface area contributed by atoms with Gasteiger partial charge in [0.1, 0.15) is 11.4 Å². The summed E-state index contributed by atoms with van der Waals surface area (Å²) in [5, 5.41) is 3.39. The standard InChI is InChI=1S/C13H13BrN2S/c14-7-13(5-6-13)8-17-12-10-3-1-2-4-11(10)15-9-16-12/h1-4,9H,5-8H2. The van der Waals surface area contributed by atoms with Crippen molar-refractivity contribution in [1.29, 1.82) is 0 Å². The van der Waals surface area contributed by atoms with Crippen LogP contribution in [0.5, 0.6) is 0 Å². The molecule has 17 heavy (non-hydrogen) atoms. The number of fused-ring (bicyclic) bond motifs is 1. The molecular formula is C13H13BrN2S. The lowest BCUT2D eigenvalue weighted by Crippen LogP contribution is -2.05. The molecule has 3 rings (SSSR count). The van der Waals surface area contributed by atoms with E-state index in [1.54, 1.807) is 6.33 Å². The van der Waals surface area contributed by atoms with E-state index >= 15 is 0 Å². The first-order chi connectivity index (χ1) is 8.33. The molecule has 0 N–H and O–H groups in total. The zero-order valence-corrected chi connectivity index (χ0v) is 11.8. The van der Waals surface area contributed by atoms with Crippen LogP contribution in [0.15, 0.2) is 35.6 Å². The van der Waals surface area contributed by atoms with Crippen LogP contribution in [0, 0.1) is 5.41 Å². The number of rotatable bonds is 4. The van der Waals surface area contributed by atoms with Gasteiger partial charge < -0.3 is 0 Å². The lowest BCUT2D eigenvalue weighted by atomic mass is 10.2. The fraction of sp³-hybridized carbons (Fsp3) is 0.385. The monoisotopic (exact) mass is 308 g/mol. The molecule has 2 aromatic rings. The third kappa shape index (κ3) is 2.33. The van der Waals surface area contributed by atoms with Crippen molar-refractivity contribution in [2.24, 2.45) is 5.41 Å². The van der Waals surface area contributed by atoms with Gasteiger partial charge in [-0.3, -0.25) is 0 Å². The van der Waals surface area contributed by atoms with Crippen molar-refractivity contribution in [3.8, 4) is 0 Å². The minimum atomic E-state index is 0.525. The number of nitrogens with zero attached hydrogens (tertiary/aromatic N) is 2. The largest absolute Gasteiger partial charge is 0.236 e. The van der Waals surface area contributed by atoms with Gasteiger partial charge in [-0.25, -0.2) is 9.97 Å². The highest BCUT2D eigenvalue weighted by atomic mass is 79.9. The SMILES string of the molecule is BrCC1(CSc2ncnc3ccccc23)CC1. The third-order valence-corrected chi connectivity index (χ3v) is 5.81. The number of hydrogen-bond donors (Lipinski definition) is 0. The van der Waals surface area contributed by atoms with Crippen LogP contribution in [-0.4, -0.2) is 21.1 Å². The van der Waals surface area contributed by atoms with Crippen LogP contribution >= 0.6 is 27.7 Å². The normalized spacial score (nSPS) is 17.2. The summed E-state index contributed by atoms with van der Waals surface area (Å²) in [4.78, 5) is 8.70. The Balaban J connectivity index is 1.85. The molecule has 0 radical (unpaired) electrons. The molecule has 1 heterocycles. The second-order valence-electron chi connectivity index (χ2n) is 4.62. The van der Waals surface area contributed by atoms with Gasteiger partial charge in [-0.05, 0) is 24.3 Å². The van der Waals surface area contributed by atoms with E-state index in [9.17, 15) is 0 Å². The maximum absolute atomic E-state index is 4.41. The summed E-state index contributed by atoms with van der Waals surface area (Å²) < 4.78 is 0. The van der Waals surface area contributed by atoms with Crippen molar-refractivity contribution in [3.63, 3.8) is 0 Å². The lowest BCUT2D eigenvalue weighted by molar-refractivity contribution is 0.686. The van der Waals surface area contributed by atoms with E-state index in [2.05, 4.69) is 32.0 Å². The van der Waals surface area contributed by atoms with Crippen LogP contribution in [-0.2, 0) is 0 Å². The van der Waals surface area contributed by atoms with Gasteiger partial charge in [-0.2, -0.15) is 0 Å². The second-order valence-corrected chi connectivity index (χ2v) is 6.14. The number of aromatic nitrogens is 2. The van der Waals surface area contributed by atoms with Crippen molar-refractivity contribution in [2.45, 2.75) is 17.9 Å². The molecule has 88 valence electrons. The Hall–Kier alpha value is -0.610. The van der Waals surface area contributed by atoms with Gasteiger partial charge in [-0.1, -0.05) is 34.1 Å². The van der Waals surface area contributed by atoms with Crippen molar-refractivity contribution >= 4 is 38.6 Å². The van der Waals surface area contributed by atoms with Gasteiger partial charge in [0.25, 0.3) is 0 Å². The van der Waals surface area contributed by atoms with E-state index in [1.165, 1.54) is 18.2 Å². The fourth-order valence-electron chi connectivity index (χ4n) is 1.81. The van der Waals surface area contributed by atoms with Crippen molar-refractivity contribution in [1.82, 2.24) is 9.97 Å². The Morgan fingerprint density at radius 2 is 2.06 bits per heavy atom. The molecule has 1 aromatic carbocycles. The maximum atomic E-state index is 4.41. The molecule has 0 bridgehead atoms. The van der Waals surface area contributed by atoms with E-state index < -0.39 is 0 Å². The number of halogens is 1. The molecule has 0 unspecified atom stereocenters. The highest BCUT2D eigenvalue weighted by molar-refractivity contribution is 9.09. The topological polar surface area (TPSA) is 25.8 Å². The van der Waals surface area contributed by atoms with E-state index in [0.29, 0.717) is 5.41 Å². The lowest BCUT2D eigenvalue weighted by Gasteiger charge is -2.10. The summed E-state index contributed by atoms with van der Waals surface area (Å²) >= 11 is 5.47. The molecule has 0 amide bonds. The summed E-state index contributed by atoms with van der Waals surface area (Å²) in [7, 11) is 0. The highest BCUT2D eigenvalue weighted by Crippen LogP contribution is 2.50. The Bertz CT molecular complexity index is 534. The van der Waals surface area contributed by atoms with Gasteiger partial charge in [0.05, 0.1) is 5.52 Å². The molecule has 0 saturated heterocycles. The molecule has 1 aromatic heterocycles. The van der Waals surface area contributed by atoms with Gasteiger partial charge in [-0.15, -0.1) is 11.8 Å². The Morgan fingerprint density at radius 1 is 1.24 bits per heavy atom. The zero-order chi connectivity index (χ0) is 11.7. The summed E-state index contributed by atoms with van der Waals surface area (Å²) in [5.41, 5.74) is 1.56. The molecule has 1 aliphatic carbocycles. The van der Waals surface area contributed by atoms with Gasteiger partial charge in [0, 0.05) is 16.5 Å². The predicted octanol–water partition coefficient (Wildman–Crippen LogP) is 3.90.